The molecule has 146 valence electrons. The number of ketones is 2. The van der Waals surface area contributed by atoms with E-state index in [0.29, 0.717) is 11.1 Å². The Kier molecular flexibility index (Phi) is 4.10. The molecule has 4 nitrogen and oxygen atoms in total. The quantitative estimate of drug-likeness (QED) is 0.469. The van der Waals surface area contributed by atoms with Gasteiger partial charge in [0.15, 0.2) is 0 Å². The van der Waals surface area contributed by atoms with Gasteiger partial charge >= 0.3 is 0 Å². The number of Topliss-reactive ketones (excluding diaryl/α,β-unsaturated/α-hetero) is 2. The number of allylic oxidation sites excluding steroid dienone is 1. The van der Waals surface area contributed by atoms with Crippen LogP contribution in [0.3, 0.4) is 0 Å². The molecule has 5 rings (SSSR count). The number of aromatic amines is 1. The smallest absolute Gasteiger partial charge is 0.234 e. The molecule has 4 aromatic rings. The van der Waals surface area contributed by atoms with Crippen molar-refractivity contribution in [2.45, 2.75) is 5.92 Å². The zero-order valence-electron chi connectivity index (χ0n) is 15.7. The average Bonchev–Trinajstić information content (AvgIpc) is 3.20. The Hall–Kier alpha value is -3.99. The topological polar surface area (TPSA) is 70.2 Å². The molecule has 5 heteroatoms. The first-order valence-corrected chi connectivity index (χ1v) is 9.49. The van der Waals surface area contributed by atoms with Crippen LogP contribution in [0.1, 0.15) is 33.0 Å². The molecule has 0 fully saturated rings. The Morgan fingerprint density at radius 1 is 0.800 bits per heavy atom. The number of aliphatic hydroxyl groups excluding tert-OH is 1. The molecular formula is C25H16FNO3. The van der Waals surface area contributed by atoms with Gasteiger partial charge in [0.2, 0.25) is 11.6 Å². The Bertz CT molecular complexity index is 1350. The number of nitrogens with one attached hydrogen (secondary N) is 1. The number of halogens is 1. The van der Waals surface area contributed by atoms with Crippen LogP contribution in [0.15, 0.2) is 84.6 Å². The van der Waals surface area contributed by atoms with E-state index in [4.69, 9.17) is 0 Å². The minimum atomic E-state index is -0.759. The van der Waals surface area contributed by atoms with Crippen LogP contribution < -0.4 is 0 Å². The largest absolute Gasteiger partial charge is 0.507 e. The maximum atomic E-state index is 13.6. The van der Waals surface area contributed by atoms with Crippen molar-refractivity contribution in [2.24, 2.45) is 0 Å². The van der Waals surface area contributed by atoms with Crippen molar-refractivity contribution in [1.29, 1.82) is 0 Å². The van der Waals surface area contributed by atoms with E-state index < -0.39 is 23.3 Å². The number of benzene rings is 3. The Morgan fingerprint density at radius 3 is 2.23 bits per heavy atom. The molecule has 30 heavy (non-hydrogen) atoms. The van der Waals surface area contributed by atoms with Gasteiger partial charge in [-0.1, -0.05) is 54.6 Å². The fourth-order valence-corrected chi connectivity index (χ4v) is 4.14. The summed E-state index contributed by atoms with van der Waals surface area (Å²) in [5.41, 5.74) is 2.68. The SMILES string of the molecule is O=C1C(=O)c2ccccc2C(O)=C1C(c1ccc(F)cc1)c1c[nH]c2ccccc12. The molecule has 1 aromatic heterocycles. The second-order valence-corrected chi connectivity index (χ2v) is 7.24. The lowest BCUT2D eigenvalue weighted by molar-refractivity contribution is -0.112. The number of carbonyl (C=O) groups is 2. The van der Waals surface area contributed by atoms with Crippen LogP contribution in [-0.2, 0) is 4.79 Å². The number of H-pyrrole nitrogens is 1. The number of aromatic nitrogens is 1. The van der Waals surface area contributed by atoms with Crippen molar-refractivity contribution in [1.82, 2.24) is 4.98 Å². The Morgan fingerprint density at radius 2 is 1.47 bits per heavy atom. The van der Waals surface area contributed by atoms with Crippen molar-refractivity contribution in [3.05, 3.63) is 113 Å². The monoisotopic (exact) mass is 397 g/mol. The molecule has 2 N–H and O–H groups in total. The lowest BCUT2D eigenvalue weighted by Gasteiger charge is -2.25. The third-order valence-corrected chi connectivity index (χ3v) is 5.56. The van der Waals surface area contributed by atoms with Crippen LogP contribution in [0.25, 0.3) is 16.7 Å². The lowest BCUT2D eigenvalue weighted by atomic mass is 9.76. The van der Waals surface area contributed by atoms with Crippen LogP contribution in [0.2, 0.25) is 0 Å². The molecule has 3 aromatic carbocycles. The number of hydrogen-bond acceptors (Lipinski definition) is 3. The van der Waals surface area contributed by atoms with Gasteiger partial charge in [-0.3, -0.25) is 9.59 Å². The van der Waals surface area contributed by atoms with E-state index in [-0.39, 0.29) is 16.9 Å². The third-order valence-electron chi connectivity index (χ3n) is 5.56. The standard InChI is InChI=1S/C25H16FNO3/c26-15-11-9-14(10-12-15)21(19-13-27-20-8-4-3-5-16(19)20)22-23(28)17-6-1-2-7-18(17)24(29)25(22)30/h1-13,21,27-28H. The predicted octanol–water partition coefficient (Wildman–Crippen LogP) is 5.17. The van der Waals surface area contributed by atoms with Gasteiger partial charge in [0, 0.05) is 34.1 Å². The molecule has 0 bridgehead atoms. The van der Waals surface area contributed by atoms with Crippen LogP contribution in [-0.4, -0.2) is 21.7 Å². The summed E-state index contributed by atoms with van der Waals surface area (Å²) in [6.07, 6.45) is 1.76. The molecule has 1 aliphatic carbocycles. The lowest BCUT2D eigenvalue weighted by Crippen LogP contribution is -2.27. The highest BCUT2D eigenvalue weighted by Gasteiger charge is 2.38. The van der Waals surface area contributed by atoms with Crippen LogP contribution in [0.4, 0.5) is 4.39 Å². The Balaban J connectivity index is 1.82. The van der Waals surface area contributed by atoms with Gasteiger partial charge in [0.05, 0.1) is 5.57 Å². The van der Waals surface area contributed by atoms with Gasteiger partial charge in [0.25, 0.3) is 0 Å². The highest BCUT2D eigenvalue weighted by atomic mass is 19.1. The fraction of sp³-hybridized carbons (Fsp3) is 0.0400. The van der Waals surface area contributed by atoms with E-state index in [2.05, 4.69) is 4.98 Å². The zero-order chi connectivity index (χ0) is 20.8. The van der Waals surface area contributed by atoms with Crippen molar-refractivity contribution >= 4 is 28.2 Å². The summed E-state index contributed by atoms with van der Waals surface area (Å²) in [6.45, 7) is 0. The van der Waals surface area contributed by atoms with Gasteiger partial charge in [0.1, 0.15) is 11.6 Å². The molecule has 0 saturated heterocycles. The molecule has 0 spiro atoms. The second kappa shape index (κ2) is 6.81. The first-order valence-electron chi connectivity index (χ1n) is 9.49. The van der Waals surface area contributed by atoms with Crippen molar-refractivity contribution in [2.75, 3.05) is 0 Å². The zero-order valence-corrected chi connectivity index (χ0v) is 15.7. The minimum absolute atomic E-state index is 0.00457. The third kappa shape index (κ3) is 2.67. The van der Waals surface area contributed by atoms with E-state index in [1.54, 1.807) is 36.5 Å². The van der Waals surface area contributed by atoms with E-state index in [9.17, 15) is 19.1 Å². The number of carbonyl (C=O) groups excluding carboxylic acids is 2. The van der Waals surface area contributed by atoms with Gasteiger partial charge < -0.3 is 10.1 Å². The number of hydrogen-bond donors (Lipinski definition) is 2. The number of rotatable bonds is 3. The minimum Gasteiger partial charge on any atom is -0.507 e. The van der Waals surface area contributed by atoms with Crippen LogP contribution in [0.5, 0.6) is 0 Å². The van der Waals surface area contributed by atoms with Gasteiger partial charge in [-0.15, -0.1) is 0 Å². The summed E-state index contributed by atoms with van der Waals surface area (Å²) in [6, 6.07) is 19.8. The molecule has 1 unspecified atom stereocenters. The van der Waals surface area contributed by atoms with Gasteiger partial charge in [-0.05, 0) is 29.3 Å². The molecule has 0 aliphatic heterocycles. The normalized spacial score (nSPS) is 14.8. The maximum absolute atomic E-state index is 13.6. The number of para-hydroxylation sites is 1. The van der Waals surface area contributed by atoms with E-state index in [1.165, 1.54) is 18.2 Å². The molecule has 1 heterocycles. The summed E-state index contributed by atoms with van der Waals surface area (Å²) in [5, 5.41) is 11.9. The highest BCUT2D eigenvalue weighted by Crippen LogP contribution is 2.42. The summed E-state index contributed by atoms with van der Waals surface area (Å²) in [4.78, 5) is 29.2. The van der Waals surface area contributed by atoms with Crippen LogP contribution in [0, 0.1) is 5.82 Å². The molecule has 1 aliphatic rings. The summed E-state index contributed by atoms with van der Waals surface area (Å²) >= 11 is 0. The molecule has 0 saturated carbocycles. The first kappa shape index (κ1) is 18.1. The maximum Gasteiger partial charge on any atom is 0.234 e. The van der Waals surface area contributed by atoms with Gasteiger partial charge in [-0.2, -0.15) is 0 Å². The molecule has 0 amide bonds. The predicted molar refractivity (Wildman–Crippen MR) is 112 cm³/mol. The molecule has 1 atom stereocenters. The van der Waals surface area contributed by atoms with E-state index >= 15 is 0 Å². The van der Waals surface area contributed by atoms with E-state index in [0.717, 1.165) is 16.5 Å². The summed E-state index contributed by atoms with van der Waals surface area (Å²) in [7, 11) is 0. The fourth-order valence-electron chi connectivity index (χ4n) is 4.14. The number of aliphatic hydroxyl groups is 1. The van der Waals surface area contributed by atoms with E-state index in [1.807, 2.05) is 24.3 Å². The first-order chi connectivity index (χ1) is 14.6. The van der Waals surface area contributed by atoms with Crippen LogP contribution >= 0.6 is 0 Å². The summed E-state index contributed by atoms with van der Waals surface area (Å²) in [5.74, 6) is -2.80. The number of fused-ring (bicyclic) bond motifs is 2. The molecular weight excluding hydrogens is 381 g/mol. The van der Waals surface area contributed by atoms with Crippen molar-refractivity contribution in [3.63, 3.8) is 0 Å². The van der Waals surface area contributed by atoms with Crippen molar-refractivity contribution in [3.8, 4) is 0 Å². The van der Waals surface area contributed by atoms with Crippen molar-refractivity contribution < 1.29 is 19.1 Å². The second-order valence-electron chi connectivity index (χ2n) is 7.24. The molecule has 0 radical (unpaired) electrons. The van der Waals surface area contributed by atoms with Gasteiger partial charge in [-0.25, -0.2) is 4.39 Å². The average molecular weight is 397 g/mol. The highest BCUT2D eigenvalue weighted by molar-refractivity contribution is 6.52. The summed E-state index contributed by atoms with van der Waals surface area (Å²) < 4.78 is 13.6. The Labute approximate surface area is 171 Å².